The molecule has 2 nitrogen and oxygen atoms in total. The van der Waals surface area contributed by atoms with Crippen LogP contribution >= 0.6 is 0 Å². The Morgan fingerprint density at radius 3 is 2.56 bits per heavy atom. The summed E-state index contributed by atoms with van der Waals surface area (Å²) in [5, 5.41) is 8.65. The summed E-state index contributed by atoms with van der Waals surface area (Å²) >= 11 is 0. The van der Waals surface area contributed by atoms with Crippen molar-refractivity contribution in [1.29, 1.82) is 0 Å². The fraction of sp³-hybridized carbons (Fsp3) is 0.714. The Labute approximate surface area is 56.1 Å². The molecule has 0 heterocycles. The van der Waals surface area contributed by atoms with E-state index in [1.54, 1.807) is 13.0 Å². The highest BCUT2D eigenvalue weighted by Gasteiger charge is 1.88. The lowest BCUT2D eigenvalue weighted by molar-refractivity contribution is 0.101. The Hall–Kier alpha value is -0.500. The minimum absolute atomic E-state index is 0.237. The highest BCUT2D eigenvalue weighted by molar-refractivity contribution is 4.85. The maximum Gasteiger partial charge on any atom is 0.0874 e. The standard InChI is InChI=1S/C7H14O2/c1-6(2)9-5-4-7(3)8/h4,6,8H,5H2,1-3H3/b7-4+. The minimum Gasteiger partial charge on any atom is -0.513 e. The van der Waals surface area contributed by atoms with Crippen LogP contribution in [0, 0.1) is 0 Å². The lowest BCUT2D eigenvalue weighted by Crippen LogP contribution is -2.01. The Kier molecular flexibility index (Phi) is 4.14. The largest absolute Gasteiger partial charge is 0.513 e. The van der Waals surface area contributed by atoms with Crippen molar-refractivity contribution in [3.63, 3.8) is 0 Å². The van der Waals surface area contributed by atoms with Crippen molar-refractivity contribution >= 4 is 0 Å². The van der Waals surface area contributed by atoms with Gasteiger partial charge in [0.15, 0.2) is 0 Å². The number of rotatable bonds is 3. The van der Waals surface area contributed by atoms with Crippen molar-refractivity contribution in [2.75, 3.05) is 6.61 Å². The quantitative estimate of drug-likeness (QED) is 0.591. The topological polar surface area (TPSA) is 29.5 Å². The van der Waals surface area contributed by atoms with E-state index in [1.807, 2.05) is 13.8 Å². The van der Waals surface area contributed by atoms with Gasteiger partial charge in [0.25, 0.3) is 0 Å². The second-order valence-electron chi connectivity index (χ2n) is 2.23. The first-order chi connectivity index (χ1) is 4.13. The van der Waals surface area contributed by atoms with Gasteiger partial charge >= 0.3 is 0 Å². The predicted molar refractivity (Wildman–Crippen MR) is 37.5 cm³/mol. The molecule has 9 heavy (non-hydrogen) atoms. The molecule has 0 spiro atoms. The number of aliphatic hydroxyl groups is 1. The van der Waals surface area contributed by atoms with Crippen molar-refractivity contribution in [2.45, 2.75) is 26.9 Å². The highest BCUT2D eigenvalue weighted by Crippen LogP contribution is 1.89. The van der Waals surface area contributed by atoms with Crippen LogP contribution in [0.4, 0.5) is 0 Å². The summed E-state index contributed by atoms with van der Waals surface area (Å²) in [4.78, 5) is 0. The van der Waals surface area contributed by atoms with E-state index < -0.39 is 0 Å². The normalized spacial score (nSPS) is 12.7. The zero-order valence-electron chi connectivity index (χ0n) is 6.22. The van der Waals surface area contributed by atoms with E-state index in [0.29, 0.717) is 12.4 Å². The van der Waals surface area contributed by atoms with Gasteiger partial charge in [-0.3, -0.25) is 0 Å². The molecule has 1 N–H and O–H groups in total. The van der Waals surface area contributed by atoms with E-state index in [4.69, 9.17) is 9.84 Å². The first-order valence-corrected chi connectivity index (χ1v) is 3.10. The first kappa shape index (κ1) is 8.50. The van der Waals surface area contributed by atoms with Crippen molar-refractivity contribution < 1.29 is 9.84 Å². The summed E-state index contributed by atoms with van der Waals surface area (Å²) < 4.78 is 5.12. The lowest BCUT2D eigenvalue weighted by Gasteiger charge is -2.02. The van der Waals surface area contributed by atoms with Crippen LogP contribution in [0.2, 0.25) is 0 Å². The summed E-state index contributed by atoms with van der Waals surface area (Å²) in [6, 6.07) is 0. The Morgan fingerprint density at radius 2 is 2.22 bits per heavy atom. The van der Waals surface area contributed by atoms with Crippen LogP contribution in [-0.4, -0.2) is 17.8 Å². The van der Waals surface area contributed by atoms with Crippen LogP contribution < -0.4 is 0 Å². The molecule has 2 heteroatoms. The second-order valence-corrected chi connectivity index (χ2v) is 2.23. The number of ether oxygens (including phenoxy) is 1. The summed E-state index contributed by atoms with van der Waals surface area (Å²) in [5.41, 5.74) is 0. The van der Waals surface area contributed by atoms with Crippen LogP contribution in [-0.2, 0) is 4.74 Å². The van der Waals surface area contributed by atoms with E-state index in [0.717, 1.165) is 0 Å². The SMILES string of the molecule is C/C(O)=C\COC(C)C. The third kappa shape index (κ3) is 7.50. The van der Waals surface area contributed by atoms with E-state index in [1.165, 1.54) is 0 Å². The average Bonchev–Trinajstić information content (AvgIpc) is 1.63. The van der Waals surface area contributed by atoms with E-state index in [9.17, 15) is 0 Å². The lowest BCUT2D eigenvalue weighted by atomic mass is 10.4. The van der Waals surface area contributed by atoms with E-state index in [-0.39, 0.29) is 6.10 Å². The molecular formula is C7H14O2. The van der Waals surface area contributed by atoms with Gasteiger partial charge in [-0.2, -0.15) is 0 Å². The van der Waals surface area contributed by atoms with Crippen LogP contribution in [0.15, 0.2) is 11.8 Å². The second kappa shape index (κ2) is 4.39. The molecule has 0 aliphatic carbocycles. The van der Waals surface area contributed by atoms with Gasteiger partial charge in [0, 0.05) is 0 Å². The van der Waals surface area contributed by atoms with Crippen LogP contribution in [0.3, 0.4) is 0 Å². The van der Waals surface area contributed by atoms with E-state index in [2.05, 4.69) is 0 Å². The number of hydrogen-bond acceptors (Lipinski definition) is 2. The Bertz CT molecular complexity index is 91.1. The molecule has 0 aromatic carbocycles. The molecule has 0 bridgehead atoms. The maximum absolute atomic E-state index is 8.65. The smallest absolute Gasteiger partial charge is 0.0874 e. The molecule has 0 fully saturated rings. The van der Waals surface area contributed by atoms with Gasteiger partial charge in [0.05, 0.1) is 18.5 Å². The molecule has 0 rings (SSSR count). The molecule has 0 radical (unpaired) electrons. The maximum atomic E-state index is 8.65. The van der Waals surface area contributed by atoms with Crippen molar-refractivity contribution in [1.82, 2.24) is 0 Å². The van der Waals surface area contributed by atoms with Gasteiger partial charge in [0.2, 0.25) is 0 Å². The monoisotopic (exact) mass is 130 g/mol. The molecule has 0 aliphatic rings. The average molecular weight is 130 g/mol. The van der Waals surface area contributed by atoms with Crippen LogP contribution in [0.5, 0.6) is 0 Å². The fourth-order valence-corrected chi connectivity index (χ4v) is 0.361. The van der Waals surface area contributed by atoms with Crippen molar-refractivity contribution in [3.05, 3.63) is 11.8 Å². The summed E-state index contributed by atoms with van der Waals surface area (Å²) in [6.45, 7) is 6.05. The van der Waals surface area contributed by atoms with Gasteiger partial charge in [0.1, 0.15) is 0 Å². The van der Waals surface area contributed by atoms with Gasteiger partial charge in [-0.1, -0.05) is 0 Å². The molecule has 0 saturated carbocycles. The molecular weight excluding hydrogens is 116 g/mol. The minimum atomic E-state index is 0.237. The predicted octanol–water partition coefficient (Wildman–Crippen LogP) is 1.87. The molecule has 0 saturated heterocycles. The van der Waals surface area contributed by atoms with Crippen LogP contribution in [0.25, 0.3) is 0 Å². The van der Waals surface area contributed by atoms with E-state index >= 15 is 0 Å². The van der Waals surface area contributed by atoms with Gasteiger partial charge in [-0.25, -0.2) is 0 Å². The zero-order valence-corrected chi connectivity index (χ0v) is 6.22. The third-order valence-corrected chi connectivity index (χ3v) is 0.808. The summed E-state index contributed by atoms with van der Waals surface area (Å²) in [6.07, 6.45) is 1.88. The third-order valence-electron chi connectivity index (χ3n) is 0.808. The number of hydrogen-bond donors (Lipinski definition) is 1. The highest BCUT2D eigenvalue weighted by atomic mass is 16.5. The fourth-order valence-electron chi connectivity index (χ4n) is 0.361. The zero-order chi connectivity index (χ0) is 7.28. The Morgan fingerprint density at radius 1 is 1.67 bits per heavy atom. The van der Waals surface area contributed by atoms with Gasteiger partial charge in [-0.15, -0.1) is 0 Å². The molecule has 0 amide bonds. The van der Waals surface area contributed by atoms with Crippen LogP contribution in [0.1, 0.15) is 20.8 Å². The summed E-state index contributed by atoms with van der Waals surface area (Å²) in [7, 11) is 0. The molecule has 0 atom stereocenters. The van der Waals surface area contributed by atoms with Crippen molar-refractivity contribution in [3.8, 4) is 0 Å². The molecule has 0 aromatic rings. The first-order valence-electron chi connectivity index (χ1n) is 3.10. The van der Waals surface area contributed by atoms with Gasteiger partial charge < -0.3 is 9.84 Å². The van der Waals surface area contributed by atoms with Crippen molar-refractivity contribution in [2.24, 2.45) is 0 Å². The molecule has 0 aliphatic heterocycles. The Balaban J connectivity index is 3.20. The molecule has 54 valence electrons. The molecule has 0 unspecified atom stereocenters. The summed E-state index contributed by atoms with van der Waals surface area (Å²) in [5.74, 6) is 0.315. The number of aliphatic hydroxyl groups excluding tert-OH is 1. The molecule has 0 aromatic heterocycles. The number of allylic oxidation sites excluding steroid dienone is 1. The van der Waals surface area contributed by atoms with Gasteiger partial charge in [-0.05, 0) is 26.8 Å².